The molecule has 0 aliphatic carbocycles. The fraction of sp³-hybridized carbons (Fsp3) is 0.125. The van der Waals surface area contributed by atoms with E-state index in [1.165, 1.54) is 13.2 Å². The minimum Gasteiger partial charge on any atom is -0.507 e. The van der Waals surface area contributed by atoms with Crippen LogP contribution in [0.3, 0.4) is 0 Å². The third kappa shape index (κ3) is 3.11. The number of benzene rings is 1. The van der Waals surface area contributed by atoms with E-state index in [9.17, 15) is 18.3 Å². The van der Waals surface area contributed by atoms with Crippen LogP contribution in [0.4, 0.5) is 0 Å². The molecular formula is C8H8O7S. The van der Waals surface area contributed by atoms with Gasteiger partial charge in [-0.15, -0.1) is 0 Å². The number of carbonyl (C=O) groups is 1. The summed E-state index contributed by atoms with van der Waals surface area (Å²) in [4.78, 5) is 11.2. The largest absolute Gasteiger partial charge is 0.507 e. The second kappa shape index (κ2) is 4.37. The molecule has 0 aliphatic heterocycles. The van der Waals surface area contributed by atoms with Crippen LogP contribution in [0.2, 0.25) is 0 Å². The molecule has 0 aromatic heterocycles. The molecule has 0 aliphatic rings. The number of aromatic hydroxyl groups is 1. The van der Waals surface area contributed by atoms with Crippen LogP contribution in [0.25, 0.3) is 0 Å². The average molecular weight is 248 g/mol. The number of phenols is 1. The monoisotopic (exact) mass is 248 g/mol. The summed E-state index contributed by atoms with van der Waals surface area (Å²) in [7, 11) is -3.59. The van der Waals surface area contributed by atoms with E-state index in [1.54, 1.807) is 0 Å². The third-order valence-corrected chi connectivity index (χ3v) is 1.97. The van der Waals surface area contributed by atoms with Crippen molar-refractivity contribution in [1.29, 1.82) is 0 Å². The standard InChI is InChI=1S/C8H8O7S/c1-14-5-2-3-7(9)6(4-5)8(10)15-16(11,12)13/h2-4,9H,1H3,(H,11,12,13). The van der Waals surface area contributed by atoms with Crippen LogP contribution in [0, 0.1) is 0 Å². The predicted molar refractivity (Wildman–Crippen MR) is 51.6 cm³/mol. The predicted octanol–water partition coefficient (Wildman–Crippen LogP) is 0.360. The van der Waals surface area contributed by atoms with Gasteiger partial charge in [0.05, 0.1) is 7.11 Å². The van der Waals surface area contributed by atoms with Gasteiger partial charge in [-0.05, 0) is 18.2 Å². The van der Waals surface area contributed by atoms with Crippen molar-refractivity contribution >= 4 is 16.4 Å². The molecule has 0 saturated heterocycles. The molecule has 0 unspecified atom stereocenters. The van der Waals surface area contributed by atoms with E-state index >= 15 is 0 Å². The zero-order valence-corrected chi connectivity index (χ0v) is 8.89. The molecule has 1 aromatic carbocycles. The summed E-state index contributed by atoms with van der Waals surface area (Å²) in [6.07, 6.45) is 0. The van der Waals surface area contributed by atoms with Crippen molar-refractivity contribution in [3.63, 3.8) is 0 Å². The lowest BCUT2D eigenvalue weighted by Crippen LogP contribution is -2.12. The van der Waals surface area contributed by atoms with E-state index in [1.807, 2.05) is 0 Å². The molecule has 1 rings (SSSR count). The molecule has 0 amide bonds. The molecule has 16 heavy (non-hydrogen) atoms. The van der Waals surface area contributed by atoms with E-state index in [2.05, 4.69) is 4.18 Å². The van der Waals surface area contributed by atoms with Crippen molar-refractivity contribution in [2.75, 3.05) is 7.11 Å². The normalized spacial score (nSPS) is 10.9. The molecule has 0 fully saturated rings. The Hall–Kier alpha value is -1.80. The van der Waals surface area contributed by atoms with Crippen molar-refractivity contribution in [2.24, 2.45) is 0 Å². The highest BCUT2D eigenvalue weighted by atomic mass is 32.3. The Morgan fingerprint density at radius 2 is 2.00 bits per heavy atom. The summed E-state index contributed by atoms with van der Waals surface area (Å²) in [5.41, 5.74) is -0.433. The maximum Gasteiger partial charge on any atom is 0.449 e. The Morgan fingerprint density at radius 1 is 1.38 bits per heavy atom. The van der Waals surface area contributed by atoms with Crippen LogP contribution >= 0.6 is 0 Å². The third-order valence-electron chi connectivity index (χ3n) is 1.60. The zero-order chi connectivity index (χ0) is 12.3. The van der Waals surface area contributed by atoms with Crippen LogP contribution in [-0.2, 0) is 14.6 Å². The second-order valence-electron chi connectivity index (χ2n) is 2.68. The van der Waals surface area contributed by atoms with Gasteiger partial charge >= 0.3 is 16.4 Å². The highest BCUT2D eigenvalue weighted by Gasteiger charge is 2.19. The minimum atomic E-state index is -4.91. The first kappa shape index (κ1) is 12.3. The van der Waals surface area contributed by atoms with Gasteiger partial charge in [-0.25, -0.2) is 4.79 Å². The fourth-order valence-electron chi connectivity index (χ4n) is 0.946. The van der Waals surface area contributed by atoms with Crippen molar-refractivity contribution in [2.45, 2.75) is 0 Å². The van der Waals surface area contributed by atoms with Gasteiger partial charge in [0.15, 0.2) is 0 Å². The van der Waals surface area contributed by atoms with Crippen LogP contribution in [-0.4, -0.2) is 31.2 Å². The van der Waals surface area contributed by atoms with Crippen molar-refractivity contribution in [3.05, 3.63) is 23.8 Å². The van der Waals surface area contributed by atoms with E-state index in [0.717, 1.165) is 12.1 Å². The fourth-order valence-corrected chi connectivity index (χ4v) is 1.23. The maximum atomic E-state index is 11.2. The summed E-state index contributed by atoms with van der Waals surface area (Å²) in [6.45, 7) is 0. The number of ether oxygens (including phenoxy) is 1. The smallest absolute Gasteiger partial charge is 0.449 e. The summed E-state index contributed by atoms with van der Waals surface area (Å²) < 4.78 is 37.3. The molecule has 8 heteroatoms. The van der Waals surface area contributed by atoms with Crippen LogP contribution in [0.5, 0.6) is 11.5 Å². The maximum absolute atomic E-state index is 11.2. The molecule has 7 nitrogen and oxygen atoms in total. The van der Waals surface area contributed by atoms with Crippen molar-refractivity contribution < 1.29 is 31.8 Å². The molecule has 0 saturated carbocycles. The number of hydrogen-bond donors (Lipinski definition) is 2. The lowest BCUT2D eigenvalue weighted by Gasteiger charge is -2.05. The summed E-state index contributed by atoms with van der Waals surface area (Å²) in [5.74, 6) is -1.67. The number of phenolic OH excluding ortho intramolecular Hbond substituents is 1. The number of rotatable bonds is 3. The van der Waals surface area contributed by atoms with Gasteiger partial charge in [0, 0.05) is 0 Å². The highest BCUT2D eigenvalue weighted by molar-refractivity contribution is 7.81. The number of hydrogen-bond acceptors (Lipinski definition) is 6. The summed E-state index contributed by atoms with van der Waals surface area (Å²) >= 11 is 0. The topological polar surface area (TPSA) is 110 Å². The number of methoxy groups -OCH3 is 1. The van der Waals surface area contributed by atoms with Crippen molar-refractivity contribution in [1.82, 2.24) is 0 Å². The minimum absolute atomic E-state index is 0.222. The first-order chi connectivity index (χ1) is 7.33. The molecule has 0 bridgehead atoms. The Kier molecular flexibility index (Phi) is 3.35. The Morgan fingerprint density at radius 3 is 2.50 bits per heavy atom. The summed E-state index contributed by atoms with van der Waals surface area (Å²) in [6, 6.07) is 3.56. The van der Waals surface area contributed by atoms with Gasteiger partial charge < -0.3 is 14.0 Å². The van der Waals surface area contributed by atoms with Gasteiger partial charge in [0.1, 0.15) is 17.1 Å². The molecule has 88 valence electrons. The molecule has 1 aromatic rings. The molecule has 0 spiro atoms. The Bertz CT molecular complexity index is 505. The Balaban J connectivity index is 3.08. The molecule has 0 atom stereocenters. The van der Waals surface area contributed by atoms with Crippen LogP contribution in [0.15, 0.2) is 18.2 Å². The SMILES string of the molecule is COc1ccc(O)c(C(=O)OS(=O)(=O)O)c1. The first-order valence-electron chi connectivity index (χ1n) is 3.91. The van der Waals surface area contributed by atoms with E-state index < -0.39 is 27.7 Å². The van der Waals surface area contributed by atoms with E-state index in [0.29, 0.717) is 0 Å². The zero-order valence-electron chi connectivity index (χ0n) is 8.08. The average Bonchev–Trinajstić information content (AvgIpc) is 2.15. The van der Waals surface area contributed by atoms with Crippen molar-refractivity contribution in [3.8, 4) is 11.5 Å². The van der Waals surface area contributed by atoms with E-state index in [4.69, 9.17) is 9.29 Å². The van der Waals surface area contributed by atoms with Crippen LogP contribution in [0.1, 0.15) is 10.4 Å². The lowest BCUT2D eigenvalue weighted by molar-refractivity contribution is 0.0724. The van der Waals surface area contributed by atoms with Gasteiger partial charge in [-0.2, -0.15) is 8.42 Å². The van der Waals surface area contributed by atoms with Gasteiger partial charge in [-0.3, -0.25) is 4.55 Å². The Labute approximate surface area is 91.2 Å². The molecule has 2 N–H and O–H groups in total. The lowest BCUT2D eigenvalue weighted by atomic mass is 10.2. The molecular weight excluding hydrogens is 240 g/mol. The molecule has 0 radical (unpaired) electrons. The van der Waals surface area contributed by atoms with Gasteiger partial charge in [-0.1, -0.05) is 0 Å². The highest BCUT2D eigenvalue weighted by Crippen LogP contribution is 2.23. The van der Waals surface area contributed by atoms with Crippen LogP contribution < -0.4 is 4.74 Å². The summed E-state index contributed by atoms with van der Waals surface area (Å²) in [5, 5.41) is 9.26. The van der Waals surface area contributed by atoms with Gasteiger partial charge in [0.25, 0.3) is 0 Å². The second-order valence-corrected chi connectivity index (χ2v) is 3.70. The number of carbonyl (C=O) groups excluding carboxylic acids is 1. The molecule has 0 heterocycles. The first-order valence-corrected chi connectivity index (χ1v) is 5.28. The quantitative estimate of drug-likeness (QED) is 0.743. The van der Waals surface area contributed by atoms with Gasteiger partial charge in [0.2, 0.25) is 0 Å². The van der Waals surface area contributed by atoms with E-state index in [-0.39, 0.29) is 5.75 Å².